The molecule has 3 aromatic rings. The molecule has 53 heavy (non-hydrogen) atoms. The molecule has 5 N–H and O–H groups in total. The van der Waals surface area contributed by atoms with Crippen molar-refractivity contribution in [3.8, 4) is 11.5 Å². The van der Waals surface area contributed by atoms with E-state index in [1.54, 1.807) is 51.1 Å². The Balaban J connectivity index is 0.000000245. The van der Waals surface area contributed by atoms with Crippen molar-refractivity contribution in [3.63, 3.8) is 0 Å². The summed E-state index contributed by atoms with van der Waals surface area (Å²) < 4.78 is 20.5. The quantitative estimate of drug-likeness (QED) is 0.131. The van der Waals surface area contributed by atoms with Gasteiger partial charge in [0.25, 0.3) is 0 Å². The molecule has 5 amide bonds. The Hall–Kier alpha value is -4.55. The second-order valence-electron chi connectivity index (χ2n) is 13.7. The number of aromatic nitrogens is 3. The molecule has 20 heteroatoms. The maximum absolute atomic E-state index is 12.5. The highest BCUT2D eigenvalue weighted by Gasteiger charge is 2.30. The molecular formula is C33H47Cl2N9O8S. The maximum Gasteiger partial charge on any atom is 0.407 e. The number of amides is 5. The van der Waals surface area contributed by atoms with Gasteiger partial charge in [0.2, 0.25) is 0 Å². The van der Waals surface area contributed by atoms with Crippen LogP contribution in [0.15, 0.2) is 24.5 Å². The van der Waals surface area contributed by atoms with Crippen molar-refractivity contribution in [2.24, 2.45) is 0 Å². The summed E-state index contributed by atoms with van der Waals surface area (Å²) in [7, 11) is 3.09. The summed E-state index contributed by atoms with van der Waals surface area (Å²) in [5.41, 5.74) is 5.41. The Bertz CT molecular complexity index is 1730. The Morgan fingerprint density at radius 3 is 1.85 bits per heavy atom. The van der Waals surface area contributed by atoms with E-state index < -0.39 is 28.8 Å². The van der Waals surface area contributed by atoms with E-state index in [1.165, 1.54) is 29.5 Å². The highest BCUT2D eigenvalue weighted by Crippen LogP contribution is 2.31. The monoisotopic (exact) mass is 799 g/mol. The predicted molar refractivity (Wildman–Crippen MR) is 203 cm³/mol. The zero-order valence-corrected chi connectivity index (χ0v) is 33.3. The van der Waals surface area contributed by atoms with Crippen LogP contribution in [0.1, 0.15) is 54.4 Å². The van der Waals surface area contributed by atoms with Gasteiger partial charge in [-0.15, -0.1) is 0 Å². The van der Waals surface area contributed by atoms with Crippen molar-refractivity contribution in [2.75, 3.05) is 51.4 Å². The number of likely N-dealkylation sites (tertiary alicyclic amines) is 2. The normalized spacial score (nSPS) is 16.7. The highest BCUT2D eigenvalue weighted by atomic mass is 35.5. The number of ether oxygens (including phenoxy) is 4. The number of carbonyl (C=O) groups is 4. The predicted octanol–water partition coefficient (Wildman–Crippen LogP) is 6.10. The first-order chi connectivity index (χ1) is 24.8. The van der Waals surface area contributed by atoms with Gasteiger partial charge in [0, 0.05) is 50.7 Å². The van der Waals surface area contributed by atoms with E-state index in [9.17, 15) is 19.2 Å². The van der Waals surface area contributed by atoms with E-state index in [2.05, 4.69) is 30.9 Å². The molecule has 0 radical (unpaired) electrons. The van der Waals surface area contributed by atoms with Crippen molar-refractivity contribution in [3.05, 3.63) is 29.7 Å². The molecule has 0 spiro atoms. The van der Waals surface area contributed by atoms with Gasteiger partial charge >= 0.3 is 23.6 Å². The lowest BCUT2D eigenvalue weighted by Gasteiger charge is -2.22. The molecule has 0 aliphatic carbocycles. The average Bonchev–Trinajstić information content (AvgIpc) is 3.81. The Morgan fingerprint density at radius 1 is 0.849 bits per heavy atom. The first-order valence-corrected chi connectivity index (χ1v) is 18.1. The number of rotatable bonds is 5. The number of hydrogen-bond donors (Lipinski definition) is 4. The minimum Gasteiger partial charge on any atom is -0.494 e. The fraction of sp³-hybridized carbons (Fsp3) is 0.545. The number of carbonyl (C=O) groups excluding carboxylic acids is 4. The molecule has 0 bridgehead atoms. The van der Waals surface area contributed by atoms with E-state index in [0.717, 1.165) is 0 Å². The molecule has 17 nitrogen and oxygen atoms in total. The van der Waals surface area contributed by atoms with Gasteiger partial charge < -0.3 is 45.1 Å². The Kier molecular flexibility index (Phi) is 15.3. The molecule has 2 fully saturated rings. The second kappa shape index (κ2) is 19.0. The van der Waals surface area contributed by atoms with Crippen LogP contribution in [0.5, 0.6) is 11.5 Å². The van der Waals surface area contributed by atoms with Crippen LogP contribution in [-0.2, 0) is 9.47 Å². The molecule has 292 valence electrons. The first kappa shape index (κ1) is 42.9. The molecule has 0 unspecified atom stereocenters. The second-order valence-corrected chi connectivity index (χ2v) is 15.4. The Morgan fingerprint density at radius 2 is 1.36 bits per heavy atom. The molecular weight excluding hydrogens is 753 g/mol. The largest absolute Gasteiger partial charge is 0.494 e. The lowest BCUT2D eigenvalue weighted by Crippen LogP contribution is -2.42. The van der Waals surface area contributed by atoms with Gasteiger partial charge in [0.05, 0.1) is 26.3 Å². The smallest absolute Gasteiger partial charge is 0.407 e. The minimum atomic E-state index is -0.554. The van der Waals surface area contributed by atoms with Crippen LogP contribution in [0.25, 0.3) is 10.3 Å². The zero-order chi connectivity index (χ0) is 39.5. The van der Waals surface area contributed by atoms with Gasteiger partial charge in [-0.25, -0.2) is 29.3 Å². The standard InChI is InChI=1S/C17H23N5O4S.C10H17ClN2O3.C6H7ClN2O/c1-17(2,3)26-16(24)19-10-6-8-22(9-10)15(23)21-14-20-12-11(25-4)5-7-18-13(12)27-14;1-10(2,3)16-9(15)12-7-4-5-13(6-7)8(11)14;1-10-4-2-3-9-6(7)5(4)8/h5,7,10H,6,8-9H2,1-4H3,(H,19,24)(H,20,21,23);7H,4-6H2,1-3H3,(H,12,15);2-3H,8H2,1H3/t10-;7-;/m11./s1. The van der Waals surface area contributed by atoms with Crippen molar-refractivity contribution in [1.29, 1.82) is 0 Å². The third-order valence-electron chi connectivity index (χ3n) is 7.17. The third kappa shape index (κ3) is 14.1. The summed E-state index contributed by atoms with van der Waals surface area (Å²) >= 11 is 12.2. The summed E-state index contributed by atoms with van der Waals surface area (Å²) in [4.78, 5) is 62.8. The van der Waals surface area contributed by atoms with Crippen molar-refractivity contribution in [2.45, 2.75) is 77.7 Å². The molecule has 2 saturated heterocycles. The minimum absolute atomic E-state index is 0.0717. The van der Waals surface area contributed by atoms with E-state index in [4.69, 9.17) is 47.9 Å². The number of nitrogens with one attached hydrogen (secondary N) is 3. The van der Waals surface area contributed by atoms with Crippen LogP contribution < -0.4 is 31.2 Å². The summed E-state index contributed by atoms with van der Waals surface area (Å²) in [5, 5.41) is 8.55. The number of pyridine rings is 2. The van der Waals surface area contributed by atoms with Gasteiger partial charge in [-0.05, 0) is 66.0 Å². The number of methoxy groups -OCH3 is 2. The average molecular weight is 801 g/mol. The van der Waals surface area contributed by atoms with Crippen LogP contribution in [0.4, 0.5) is 30.0 Å². The summed E-state index contributed by atoms with van der Waals surface area (Å²) in [5.74, 6) is 1.17. The van der Waals surface area contributed by atoms with E-state index >= 15 is 0 Å². The number of fused-ring (bicyclic) bond motifs is 1. The Labute approximate surface area is 322 Å². The molecule has 2 atom stereocenters. The summed E-state index contributed by atoms with van der Waals surface area (Å²) in [6, 6.07) is 2.91. The zero-order valence-electron chi connectivity index (χ0n) is 31.0. The van der Waals surface area contributed by atoms with Gasteiger partial charge in [-0.1, -0.05) is 22.9 Å². The number of hydrogen-bond acceptors (Lipinski definition) is 13. The number of thiazole rings is 1. The van der Waals surface area contributed by atoms with Crippen LogP contribution in [0, 0.1) is 0 Å². The lowest BCUT2D eigenvalue weighted by molar-refractivity contribution is 0.0495. The molecule has 2 aliphatic rings. The molecule has 5 heterocycles. The van der Waals surface area contributed by atoms with Crippen LogP contribution in [-0.4, -0.2) is 112 Å². The fourth-order valence-corrected chi connectivity index (χ4v) is 5.98. The molecule has 0 aromatic carbocycles. The van der Waals surface area contributed by atoms with Crippen molar-refractivity contribution < 1.29 is 38.1 Å². The van der Waals surface area contributed by atoms with E-state index in [1.807, 2.05) is 20.8 Å². The number of anilines is 2. The van der Waals surface area contributed by atoms with Crippen LogP contribution in [0.3, 0.4) is 0 Å². The third-order valence-corrected chi connectivity index (χ3v) is 8.59. The summed E-state index contributed by atoms with van der Waals surface area (Å²) in [6.45, 7) is 12.8. The number of alkyl carbamates (subject to hydrolysis) is 2. The lowest BCUT2D eigenvalue weighted by atomic mass is 10.2. The molecule has 3 aromatic heterocycles. The van der Waals surface area contributed by atoms with Gasteiger partial charge in [0.1, 0.15) is 38.7 Å². The van der Waals surface area contributed by atoms with E-state index in [-0.39, 0.29) is 23.3 Å². The summed E-state index contributed by atoms with van der Waals surface area (Å²) in [6.07, 6.45) is 3.62. The number of nitrogens with zero attached hydrogens (tertiary/aromatic N) is 5. The van der Waals surface area contributed by atoms with Gasteiger partial charge in [-0.2, -0.15) is 0 Å². The first-order valence-electron chi connectivity index (χ1n) is 16.5. The van der Waals surface area contributed by atoms with Gasteiger partial charge in [-0.3, -0.25) is 10.1 Å². The molecule has 0 saturated carbocycles. The fourth-order valence-electron chi connectivity index (χ4n) is 4.86. The van der Waals surface area contributed by atoms with Crippen LogP contribution >= 0.6 is 34.5 Å². The van der Waals surface area contributed by atoms with Crippen molar-refractivity contribution in [1.82, 2.24) is 35.4 Å². The SMILES string of the molecule is CC(C)(C)OC(=O)N[C@@H]1CCN(C(=O)Cl)C1.COc1ccnc(Cl)c1N.COc1ccnc2sc(NC(=O)N3CC[C@@H](NC(=O)OC(C)(C)C)C3)nc12. The number of halogens is 2. The topological polar surface area (TPSA) is 212 Å². The molecule has 5 rings (SSSR count). The molecule has 2 aliphatic heterocycles. The highest BCUT2D eigenvalue weighted by molar-refractivity contribution is 7.22. The van der Waals surface area contributed by atoms with E-state index in [0.29, 0.717) is 71.7 Å². The maximum atomic E-state index is 12.5. The van der Waals surface area contributed by atoms with Crippen molar-refractivity contribution >= 4 is 79.3 Å². The van der Waals surface area contributed by atoms with Crippen LogP contribution in [0.2, 0.25) is 5.15 Å². The number of nitrogens with two attached hydrogens (primary N) is 1. The number of nitrogen functional groups attached to an aromatic ring is 1. The van der Waals surface area contributed by atoms with Gasteiger partial charge in [0.15, 0.2) is 10.3 Å². The number of urea groups is 1.